The van der Waals surface area contributed by atoms with E-state index in [4.69, 9.17) is 0 Å². The molecule has 0 aliphatic heterocycles. The van der Waals surface area contributed by atoms with E-state index >= 15 is 0 Å². The number of hydrogen-bond acceptors (Lipinski definition) is 4. The van der Waals surface area contributed by atoms with Gasteiger partial charge >= 0.3 is 0 Å². The molecule has 1 aromatic carbocycles. The predicted octanol–water partition coefficient (Wildman–Crippen LogP) is 2.44. The number of carbonyl (C=O) groups excluding carboxylic acids is 2. The highest BCUT2D eigenvalue weighted by molar-refractivity contribution is 7.12. The Morgan fingerprint density at radius 2 is 1.75 bits per heavy atom. The Morgan fingerprint density at radius 3 is 2.38 bits per heavy atom. The summed E-state index contributed by atoms with van der Waals surface area (Å²) in [6, 6.07) is 10.9. The normalized spacial score (nSPS) is 9.88. The van der Waals surface area contributed by atoms with Crippen molar-refractivity contribution in [2.75, 3.05) is 20.1 Å². The van der Waals surface area contributed by atoms with Gasteiger partial charge < -0.3 is 16.0 Å². The van der Waals surface area contributed by atoms with Crippen LogP contribution in [0.1, 0.15) is 32.0 Å². The molecule has 0 aliphatic carbocycles. The molecule has 0 unspecified atom stereocenters. The molecular weight excluding hydrogens is 346 g/mol. The Hall–Kier alpha value is -1.89. The highest BCUT2D eigenvalue weighted by atomic mass is 35.5. The molecule has 0 saturated carbocycles. The summed E-state index contributed by atoms with van der Waals surface area (Å²) in [4.78, 5) is 24.5. The lowest BCUT2D eigenvalue weighted by Crippen LogP contribution is -2.26. The molecule has 0 atom stereocenters. The minimum Gasteiger partial charge on any atom is -0.352 e. The van der Waals surface area contributed by atoms with E-state index in [1.165, 1.54) is 11.3 Å². The fourth-order valence-corrected chi connectivity index (χ4v) is 2.66. The summed E-state index contributed by atoms with van der Waals surface area (Å²) < 4.78 is 0. The van der Waals surface area contributed by atoms with E-state index in [1.807, 2.05) is 30.6 Å². The Balaban J connectivity index is 0.00000288. The Bertz CT molecular complexity index is 630. The lowest BCUT2D eigenvalue weighted by atomic mass is 10.1. The number of carbonyl (C=O) groups is 2. The minimum absolute atomic E-state index is 0. The zero-order chi connectivity index (χ0) is 16.5. The van der Waals surface area contributed by atoms with Crippen LogP contribution in [0, 0.1) is 0 Å². The highest BCUT2D eigenvalue weighted by Gasteiger charge is 2.07. The van der Waals surface area contributed by atoms with Crippen LogP contribution >= 0.6 is 23.7 Å². The summed E-state index contributed by atoms with van der Waals surface area (Å²) in [5, 5.41) is 10.6. The maximum atomic E-state index is 11.9. The topological polar surface area (TPSA) is 70.2 Å². The molecule has 7 heteroatoms. The Morgan fingerprint density at radius 1 is 1.00 bits per heavy atom. The fourth-order valence-electron chi connectivity index (χ4n) is 2.02. The van der Waals surface area contributed by atoms with Crippen molar-refractivity contribution in [2.24, 2.45) is 0 Å². The van der Waals surface area contributed by atoms with Gasteiger partial charge in [-0.15, -0.1) is 23.7 Å². The number of amides is 2. The third-order valence-corrected chi connectivity index (χ3v) is 4.17. The van der Waals surface area contributed by atoms with E-state index in [0.29, 0.717) is 23.5 Å². The molecule has 3 N–H and O–H groups in total. The number of hydrogen-bond donors (Lipinski definition) is 3. The average Bonchev–Trinajstić information content (AvgIpc) is 3.11. The number of rotatable bonds is 8. The van der Waals surface area contributed by atoms with E-state index in [-0.39, 0.29) is 24.2 Å². The fraction of sp³-hybridized carbons (Fsp3) is 0.294. The van der Waals surface area contributed by atoms with Crippen molar-refractivity contribution in [1.29, 1.82) is 0 Å². The van der Waals surface area contributed by atoms with Gasteiger partial charge in [0.05, 0.1) is 4.88 Å². The Labute approximate surface area is 152 Å². The summed E-state index contributed by atoms with van der Waals surface area (Å²) in [6.07, 6.45) is 0.898. The van der Waals surface area contributed by atoms with Gasteiger partial charge in [0.2, 0.25) is 0 Å². The number of halogens is 1. The molecule has 2 aromatic rings. The summed E-state index contributed by atoms with van der Waals surface area (Å²) in [5.41, 5.74) is 1.59. The van der Waals surface area contributed by atoms with Gasteiger partial charge in [0.25, 0.3) is 11.8 Å². The van der Waals surface area contributed by atoms with Crippen molar-refractivity contribution in [1.82, 2.24) is 16.0 Å². The van der Waals surface area contributed by atoms with Gasteiger partial charge in [0, 0.05) is 18.7 Å². The van der Waals surface area contributed by atoms with Gasteiger partial charge in [0.15, 0.2) is 0 Å². The van der Waals surface area contributed by atoms with Gasteiger partial charge in [-0.1, -0.05) is 18.2 Å². The number of benzene rings is 1. The molecule has 0 saturated heterocycles. The first kappa shape index (κ1) is 20.2. The summed E-state index contributed by atoms with van der Waals surface area (Å²) in [7, 11) is 1.89. The Kier molecular flexibility index (Phi) is 9.07. The quantitative estimate of drug-likeness (QED) is 0.627. The number of nitrogens with one attached hydrogen (secondary N) is 3. The molecule has 0 fully saturated rings. The van der Waals surface area contributed by atoms with E-state index in [9.17, 15) is 9.59 Å². The van der Waals surface area contributed by atoms with Crippen LogP contribution in [0.4, 0.5) is 0 Å². The second kappa shape index (κ2) is 10.8. The molecule has 0 radical (unpaired) electrons. The molecule has 0 bridgehead atoms. The standard InChI is InChI=1S/C17H21N3O2S.ClH/c1-18-9-3-10-19-16(21)14-7-5-13(6-8-14)12-20-17(22)15-4-2-11-23-15;/h2,4-8,11,18H,3,9-10,12H2,1H3,(H,19,21)(H,20,22);1H. The largest absolute Gasteiger partial charge is 0.352 e. The van der Waals surface area contributed by atoms with Crippen molar-refractivity contribution in [3.05, 3.63) is 57.8 Å². The van der Waals surface area contributed by atoms with E-state index in [1.54, 1.807) is 18.2 Å². The lowest BCUT2D eigenvalue weighted by molar-refractivity contribution is 0.0944. The zero-order valence-electron chi connectivity index (χ0n) is 13.5. The first-order valence-corrected chi connectivity index (χ1v) is 8.42. The van der Waals surface area contributed by atoms with Crippen LogP contribution in [0.2, 0.25) is 0 Å². The lowest BCUT2D eigenvalue weighted by Gasteiger charge is -2.07. The maximum absolute atomic E-state index is 11.9. The van der Waals surface area contributed by atoms with Crippen LogP contribution in [0.15, 0.2) is 41.8 Å². The van der Waals surface area contributed by atoms with Crippen LogP contribution in [-0.4, -0.2) is 32.0 Å². The zero-order valence-corrected chi connectivity index (χ0v) is 15.1. The third kappa shape index (κ3) is 6.31. The van der Waals surface area contributed by atoms with Crippen molar-refractivity contribution >= 4 is 35.6 Å². The molecule has 130 valence electrons. The average molecular weight is 368 g/mol. The first-order valence-electron chi connectivity index (χ1n) is 7.54. The molecule has 1 heterocycles. The molecule has 5 nitrogen and oxygen atoms in total. The van der Waals surface area contributed by atoms with Gasteiger partial charge in [-0.2, -0.15) is 0 Å². The first-order chi connectivity index (χ1) is 11.2. The molecule has 2 amide bonds. The van der Waals surface area contributed by atoms with Crippen molar-refractivity contribution < 1.29 is 9.59 Å². The predicted molar refractivity (Wildman–Crippen MR) is 100 cm³/mol. The van der Waals surface area contributed by atoms with Crippen LogP contribution in [0.3, 0.4) is 0 Å². The van der Waals surface area contributed by atoms with Crippen LogP contribution in [0.5, 0.6) is 0 Å². The van der Waals surface area contributed by atoms with Crippen LogP contribution in [0.25, 0.3) is 0 Å². The van der Waals surface area contributed by atoms with Crippen LogP contribution < -0.4 is 16.0 Å². The van der Waals surface area contributed by atoms with Gasteiger partial charge in [-0.25, -0.2) is 0 Å². The van der Waals surface area contributed by atoms with Crippen LogP contribution in [-0.2, 0) is 6.54 Å². The maximum Gasteiger partial charge on any atom is 0.261 e. The van der Waals surface area contributed by atoms with Crippen molar-refractivity contribution in [3.63, 3.8) is 0 Å². The highest BCUT2D eigenvalue weighted by Crippen LogP contribution is 2.09. The van der Waals surface area contributed by atoms with Gasteiger partial charge in [-0.3, -0.25) is 9.59 Å². The summed E-state index contributed by atoms with van der Waals surface area (Å²) in [6.45, 7) is 1.97. The van der Waals surface area contributed by atoms with Gasteiger partial charge in [-0.05, 0) is 49.2 Å². The molecular formula is C17H22ClN3O2S. The minimum atomic E-state index is -0.0775. The second-order valence-electron chi connectivity index (χ2n) is 5.07. The SMILES string of the molecule is CNCCCNC(=O)c1ccc(CNC(=O)c2cccs2)cc1.Cl. The molecule has 0 spiro atoms. The monoisotopic (exact) mass is 367 g/mol. The number of thiophene rings is 1. The smallest absolute Gasteiger partial charge is 0.261 e. The van der Waals surface area contributed by atoms with Crippen molar-refractivity contribution in [2.45, 2.75) is 13.0 Å². The summed E-state index contributed by atoms with van der Waals surface area (Å²) >= 11 is 1.41. The molecule has 1 aromatic heterocycles. The molecule has 2 rings (SSSR count). The molecule has 24 heavy (non-hydrogen) atoms. The van der Waals surface area contributed by atoms with Gasteiger partial charge in [0.1, 0.15) is 0 Å². The third-order valence-electron chi connectivity index (χ3n) is 3.30. The second-order valence-corrected chi connectivity index (χ2v) is 6.02. The van der Waals surface area contributed by atoms with E-state index < -0.39 is 0 Å². The summed E-state index contributed by atoms with van der Waals surface area (Å²) in [5.74, 6) is -0.151. The molecule has 0 aliphatic rings. The van der Waals surface area contributed by atoms with Crippen molar-refractivity contribution in [3.8, 4) is 0 Å². The van der Waals surface area contributed by atoms with E-state index in [0.717, 1.165) is 18.5 Å². The van der Waals surface area contributed by atoms with E-state index in [2.05, 4.69) is 16.0 Å².